The molecule has 0 atom stereocenters. The third kappa shape index (κ3) is 3.13. The predicted octanol–water partition coefficient (Wildman–Crippen LogP) is 3.71. The molecule has 0 saturated heterocycles. The van der Waals surface area contributed by atoms with E-state index in [1.54, 1.807) is 18.2 Å². The van der Waals surface area contributed by atoms with E-state index in [1.807, 2.05) is 31.2 Å². The average molecular weight is 339 g/mol. The van der Waals surface area contributed by atoms with Crippen LogP contribution < -0.4 is 0 Å². The Labute approximate surface area is 142 Å². The van der Waals surface area contributed by atoms with Crippen LogP contribution in [-0.4, -0.2) is 26.0 Å². The third-order valence-corrected chi connectivity index (χ3v) is 3.67. The van der Waals surface area contributed by atoms with E-state index in [9.17, 15) is 10.1 Å². The van der Waals surface area contributed by atoms with Gasteiger partial charge in [-0.2, -0.15) is 14.9 Å². The van der Waals surface area contributed by atoms with Crippen LogP contribution in [0.1, 0.15) is 11.1 Å². The lowest BCUT2D eigenvalue weighted by Gasteiger charge is -2.02. The summed E-state index contributed by atoms with van der Waals surface area (Å²) in [5.41, 5.74) is 2.34. The summed E-state index contributed by atoms with van der Waals surface area (Å²) in [7, 11) is 0. The van der Waals surface area contributed by atoms with Gasteiger partial charge >= 0.3 is 0 Å². The molecule has 24 heavy (non-hydrogen) atoms. The van der Waals surface area contributed by atoms with Crippen molar-refractivity contribution in [1.82, 2.24) is 14.9 Å². The summed E-state index contributed by atoms with van der Waals surface area (Å²) in [6.45, 7) is 1.99. The van der Waals surface area contributed by atoms with Gasteiger partial charge in [0.2, 0.25) is 4.77 Å². The van der Waals surface area contributed by atoms with Crippen molar-refractivity contribution >= 4 is 24.1 Å². The first kappa shape index (κ1) is 15.8. The quantitative estimate of drug-likeness (QED) is 0.340. The molecule has 0 amide bonds. The van der Waals surface area contributed by atoms with E-state index in [2.05, 4.69) is 15.3 Å². The molecule has 0 unspecified atom stereocenters. The average Bonchev–Trinajstić information content (AvgIpc) is 2.94. The fraction of sp³-hybridized carbons (Fsp3) is 0.0625. The van der Waals surface area contributed by atoms with Gasteiger partial charge in [-0.25, -0.2) is 5.10 Å². The Balaban J connectivity index is 2.03. The van der Waals surface area contributed by atoms with E-state index in [0.29, 0.717) is 16.2 Å². The Bertz CT molecular complexity index is 973. The van der Waals surface area contributed by atoms with Crippen molar-refractivity contribution in [3.63, 3.8) is 0 Å². The van der Waals surface area contributed by atoms with Gasteiger partial charge < -0.3 is 0 Å². The largest absolute Gasteiger partial charge is 0.278 e. The zero-order chi connectivity index (χ0) is 17.1. The second kappa shape index (κ2) is 6.55. The minimum absolute atomic E-state index is 0.0202. The van der Waals surface area contributed by atoms with Gasteiger partial charge in [-0.15, -0.1) is 0 Å². The van der Waals surface area contributed by atoms with Gasteiger partial charge in [0, 0.05) is 11.6 Å². The Kier molecular flexibility index (Phi) is 4.30. The van der Waals surface area contributed by atoms with Crippen LogP contribution >= 0.6 is 12.2 Å². The van der Waals surface area contributed by atoms with Crippen molar-refractivity contribution in [3.8, 4) is 11.4 Å². The Morgan fingerprint density at radius 3 is 2.67 bits per heavy atom. The second-order valence-electron chi connectivity index (χ2n) is 5.09. The number of nitro groups is 1. The minimum Gasteiger partial charge on any atom is -0.258 e. The minimum atomic E-state index is -0.448. The van der Waals surface area contributed by atoms with E-state index in [1.165, 1.54) is 17.0 Å². The van der Waals surface area contributed by atoms with Crippen molar-refractivity contribution in [2.45, 2.75) is 6.92 Å². The highest BCUT2D eigenvalue weighted by molar-refractivity contribution is 7.71. The predicted molar refractivity (Wildman–Crippen MR) is 93.7 cm³/mol. The lowest BCUT2D eigenvalue weighted by atomic mass is 10.1. The molecule has 3 rings (SSSR count). The maximum Gasteiger partial charge on any atom is 0.278 e. The molecule has 7 nitrogen and oxygen atoms in total. The molecule has 0 aliphatic heterocycles. The van der Waals surface area contributed by atoms with Crippen LogP contribution in [0.2, 0.25) is 0 Å². The maximum atomic E-state index is 11.1. The topological polar surface area (TPSA) is 89.1 Å². The lowest BCUT2D eigenvalue weighted by molar-refractivity contribution is -0.385. The molecule has 3 aromatic rings. The van der Waals surface area contributed by atoms with Crippen LogP contribution in [0.5, 0.6) is 0 Å². The molecule has 1 N–H and O–H groups in total. The monoisotopic (exact) mass is 339 g/mol. The molecular formula is C16H13N5O2S. The van der Waals surface area contributed by atoms with Crippen LogP contribution in [0.4, 0.5) is 5.69 Å². The number of nitrogens with one attached hydrogen (secondary N) is 1. The number of H-pyrrole nitrogens is 1. The van der Waals surface area contributed by atoms with Crippen LogP contribution in [-0.2, 0) is 0 Å². The number of hydrogen-bond donors (Lipinski definition) is 1. The number of aryl methyl sites for hydroxylation is 1. The molecule has 1 heterocycles. The highest BCUT2D eigenvalue weighted by atomic mass is 32.1. The molecular weight excluding hydrogens is 326 g/mol. The normalized spacial score (nSPS) is 11.0. The number of para-hydroxylation sites is 1. The fourth-order valence-electron chi connectivity index (χ4n) is 2.17. The number of nitrogens with zero attached hydrogens (tertiary/aromatic N) is 4. The number of rotatable bonds is 4. The van der Waals surface area contributed by atoms with Gasteiger partial charge in [-0.05, 0) is 25.2 Å². The summed E-state index contributed by atoms with van der Waals surface area (Å²) < 4.78 is 1.75. The van der Waals surface area contributed by atoms with Gasteiger partial charge in [-0.3, -0.25) is 10.1 Å². The zero-order valence-electron chi connectivity index (χ0n) is 12.7. The SMILES string of the molecule is Cc1ccc(-c2n[nH]c(=S)n2N=Cc2ccccc2[N+](=O)[O-])cc1. The Morgan fingerprint density at radius 2 is 1.96 bits per heavy atom. The number of hydrogen-bond acceptors (Lipinski definition) is 5. The first-order chi connectivity index (χ1) is 11.6. The molecule has 0 aliphatic carbocycles. The Hall–Kier alpha value is -3.13. The van der Waals surface area contributed by atoms with E-state index in [-0.39, 0.29) is 5.69 Å². The van der Waals surface area contributed by atoms with Gasteiger partial charge in [0.05, 0.1) is 16.7 Å². The summed E-state index contributed by atoms with van der Waals surface area (Å²) in [6, 6.07) is 14.1. The van der Waals surface area contributed by atoms with Crippen molar-refractivity contribution in [2.24, 2.45) is 5.10 Å². The summed E-state index contributed by atoms with van der Waals surface area (Å²) in [6.07, 6.45) is 1.40. The van der Waals surface area contributed by atoms with Crippen LogP contribution in [0.3, 0.4) is 0 Å². The molecule has 0 aliphatic rings. The fourth-order valence-corrected chi connectivity index (χ4v) is 2.35. The summed E-state index contributed by atoms with van der Waals surface area (Å²) >= 11 is 5.20. The molecule has 0 fully saturated rings. The van der Waals surface area contributed by atoms with E-state index in [0.717, 1.165) is 11.1 Å². The molecule has 8 heteroatoms. The molecule has 2 aromatic carbocycles. The number of aromatic amines is 1. The molecule has 0 saturated carbocycles. The summed E-state index contributed by atoms with van der Waals surface area (Å²) in [5, 5.41) is 22.2. The standard InChI is InChI=1S/C16H13N5O2S/c1-11-6-8-12(9-7-11)15-18-19-16(24)20(15)17-10-13-4-2-3-5-14(13)21(22)23/h2-10H,1H3,(H,19,24). The van der Waals surface area contributed by atoms with Crippen LogP contribution in [0.25, 0.3) is 11.4 Å². The highest BCUT2D eigenvalue weighted by Crippen LogP contribution is 2.19. The van der Waals surface area contributed by atoms with Crippen molar-refractivity contribution in [1.29, 1.82) is 0 Å². The molecule has 1 aromatic heterocycles. The number of aromatic nitrogens is 3. The Morgan fingerprint density at radius 1 is 1.25 bits per heavy atom. The number of benzene rings is 2. The first-order valence-electron chi connectivity index (χ1n) is 7.08. The van der Waals surface area contributed by atoms with Crippen LogP contribution in [0.15, 0.2) is 53.6 Å². The van der Waals surface area contributed by atoms with Gasteiger partial charge in [0.1, 0.15) is 0 Å². The molecule has 0 bridgehead atoms. The molecule has 120 valence electrons. The van der Waals surface area contributed by atoms with Gasteiger partial charge in [0.25, 0.3) is 5.69 Å². The van der Waals surface area contributed by atoms with Gasteiger partial charge in [0.15, 0.2) is 5.82 Å². The maximum absolute atomic E-state index is 11.1. The van der Waals surface area contributed by atoms with Crippen molar-refractivity contribution in [3.05, 3.63) is 74.5 Å². The third-order valence-electron chi connectivity index (χ3n) is 3.41. The second-order valence-corrected chi connectivity index (χ2v) is 5.48. The number of nitro benzene ring substituents is 1. The van der Waals surface area contributed by atoms with Crippen molar-refractivity contribution in [2.75, 3.05) is 0 Å². The van der Waals surface area contributed by atoms with E-state index < -0.39 is 4.92 Å². The van der Waals surface area contributed by atoms with Gasteiger partial charge in [-0.1, -0.05) is 42.0 Å². The van der Waals surface area contributed by atoms with Crippen LogP contribution in [0, 0.1) is 21.8 Å². The smallest absolute Gasteiger partial charge is 0.258 e. The van der Waals surface area contributed by atoms with Crippen molar-refractivity contribution < 1.29 is 4.92 Å². The molecule has 0 radical (unpaired) electrons. The molecule has 0 spiro atoms. The summed E-state index contributed by atoms with van der Waals surface area (Å²) in [4.78, 5) is 10.6. The highest BCUT2D eigenvalue weighted by Gasteiger charge is 2.11. The zero-order valence-corrected chi connectivity index (χ0v) is 13.5. The van der Waals surface area contributed by atoms with E-state index >= 15 is 0 Å². The summed E-state index contributed by atoms with van der Waals surface area (Å²) in [5.74, 6) is 0.537. The lowest BCUT2D eigenvalue weighted by Crippen LogP contribution is -1.98. The first-order valence-corrected chi connectivity index (χ1v) is 7.49. The van der Waals surface area contributed by atoms with E-state index in [4.69, 9.17) is 12.2 Å².